The first-order chi connectivity index (χ1) is 6.82. The fourth-order valence-electron chi connectivity index (χ4n) is 2.67. The Morgan fingerprint density at radius 3 is 2.33 bits per heavy atom. The average Bonchev–Trinajstić information content (AvgIpc) is 2.35. The van der Waals surface area contributed by atoms with Crippen molar-refractivity contribution in [3.05, 3.63) is 0 Å². The normalized spacial score (nSPS) is 32.2. The summed E-state index contributed by atoms with van der Waals surface area (Å²) in [6.07, 6.45) is 2.69. The van der Waals surface area contributed by atoms with Crippen LogP contribution in [0.25, 0.3) is 0 Å². The molecule has 0 aromatic rings. The zero-order chi connectivity index (χ0) is 11.6. The molecule has 2 heteroatoms. The molecular weight excluding hydrogens is 184 g/mol. The molecule has 1 rings (SSSR count). The van der Waals surface area contributed by atoms with Gasteiger partial charge in [-0.25, -0.2) is 0 Å². The predicted octanol–water partition coefficient (Wildman–Crippen LogP) is 2.35. The predicted molar refractivity (Wildman–Crippen MR) is 67.1 cm³/mol. The number of hydrogen-bond donors (Lipinski definition) is 1. The van der Waals surface area contributed by atoms with Gasteiger partial charge >= 0.3 is 0 Å². The van der Waals surface area contributed by atoms with E-state index in [-0.39, 0.29) is 0 Å². The van der Waals surface area contributed by atoms with Crippen LogP contribution in [0.3, 0.4) is 0 Å². The van der Waals surface area contributed by atoms with Crippen LogP contribution >= 0.6 is 0 Å². The Morgan fingerprint density at radius 1 is 1.33 bits per heavy atom. The summed E-state index contributed by atoms with van der Waals surface area (Å²) >= 11 is 0. The van der Waals surface area contributed by atoms with Gasteiger partial charge in [0.1, 0.15) is 0 Å². The molecule has 0 radical (unpaired) electrons. The molecule has 0 saturated heterocycles. The van der Waals surface area contributed by atoms with Gasteiger partial charge in [0.05, 0.1) is 0 Å². The standard InChI is InChI=1S/C13H28N2/c1-10-7-13(3,4)8-12(10)14-9-11(2)15(5)6/h10-12,14H,7-9H2,1-6H3. The van der Waals surface area contributed by atoms with Crippen molar-refractivity contribution in [1.82, 2.24) is 10.2 Å². The zero-order valence-electron chi connectivity index (χ0n) is 11.3. The van der Waals surface area contributed by atoms with E-state index in [0.29, 0.717) is 11.5 Å². The Kier molecular flexibility index (Phi) is 4.19. The van der Waals surface area contributed by atoms with Gasteiger partial charge in [0, 0.05) is 18.6 Å². The monoisotopic (exact) mass is 212 g/mol. The minimum absolute atomic E-state index is 0.540. The average molecular weight is 212 g/mol. The van der Waals surface area contributed by atoms with Crippen LogP contribution in [0.5, 0.6) is 0 Å². The van der Waals surface area contributed by atoms with Crippen molar-refractivity contribution in [1.29, 1.82) is 0 Å². The quantitative estimate of drug-likeness (QED) is 0.769. The summed E-state index contributed by atoms with van der Waals surface area (Å²) in [5.41, 5.74) is 0.540. The van der Waals surface area contributed by atoms with Crippen molar-refractivity contribution in [2.24, 2.45) is 11.3 Å². The molecule has 0 bridgehead atoms. The van der Waals surface area contributed by atoms with Crippen LogP contribution in [0.15, 0.2) is 0 Å². The minimum Gasteiger partial charge on any atom is -0.312 e. The van der Waals surface area contributed by atoms with Crippen molar-refractivity contribution in [2.75, 3.05) is 20.6 Å². The molecule has 0 aromatic heterocycles. The summed E-state index contributed by atoms with van der Waals surface area (Å²) in [5.74, 6) is 0.828. The first kappa shape index (κ1) is 13.0. The summed E-state index contributed by atoms with van der Waals surface area (Å²) in [4.78, 5) is 2.28. The second-order valence-corrected chi connectivity index (χ2v) is 6.38. The zero-order valence-corrected chi connectivity index (χ0v) is 11.3. The molecule has 0 spiro atoms. The van der Waals surface area contributed by atoms with Gasteiger partial charge in [-0.2, -0.15) is 0 Å². The second kappa shape index (κ2) is 4.84. The van der Waals surface area contributed by atoms with Crippen molar-refractivity contribution < 1.29 is 0 Å². The van der Waals surface area contributed by atoms with Crippen molar-refractivity contribution in [3.63, 3.8) is 0 Å². The summed E-state index contributed by atoms with van der Waals surface area (Å²) in [5, 5.41) is 3.73. The van der Waals surface area contributed by atoms with E-state index in [2.05, 4.69) is 52.0 Å². The number of rotatable bonds is 4. The molecule has 90 valence electrons. The third-order valence-corrected chi connectivity index (χ3v) is 3.89. The molecule has 1 aliphatic rings. The van der Waals surface area contributed by atoms with Gasteiger partial charge in [0.2, 0.25) is 0 Å². The van der Waals surface area contributed by atoms with E-state index in [1.165, 1.54) is 12.8 Å². The highest BCUT2D eigenvalue weighted by molar-refractivity contribution is 4.91. The van der Waals surface area contributed by atoms with E-state index in [0.717, 1.165) is 18.5 Å². The summed E-state index contributed by atoms with van der Waals surface area (Å²) < 4.78 is 0. The lowest BCUT2D eigenvalue weighted by Gasteiger charge is -2.24. The highest BCUT2D eigenvalue weighted by Gasteiger charge is 2.36. The van der Waals surface area contributed by atoms with Crippen LogP contribution in [0.1, 0.15) is 40.5 Å². The van der Waals surface area contributed by atoms with Gasteiger partial charge in [-0.15, -0.1) is 0 Å². The Morgan fingerprint density at radius 2 is 1.93 bits per heavy atom. The SMILES string of the molecule is CC1CC(C)(C)CC1NCC(C)N(C)C. The number of hydrogen-bond acceptors (Lipinski definition) is 2. The Balaban J connectivity index is 2.34. The maximum absolute atomic E-state index is 3.73. The van der Waals surface area contributed by atoms with Crippen LogP contribution in [-0.2, 0) is 0 Å². The lowest BCUT2D eigenvalue weighted by Crippen LogP contribution is -2.41. The van der Waals surface area contributed by atoms with Crippen LogP contribution in [0.2, 0.25) is 0 Å². The molecule has 0 aliphatic heterocycles. The molecule has 1 N–H and O–H groups in total. The Bertz CT molecular complexity index is 199. The van der Waals surface area contributed by atoms with E-state index in [9.17, 15) is 0 Å². The van der Waals surface area contributed by atoms with E-state index >= 15 is 0 Å². The topological polar surface area (TPSA) is 15.3 Å². The molecule has 0 heterocycles. The maximum Gasteiger partial charge on any atom is 0.0186 e. The molecule has 0 amide bonds. The van der Waals surface area contributed by atoms with Crippen LogP contribution in [-0.4, -0.2) is 37.6 Å². The van der Waals surface area contributed by atoms with Crippen LogP contribution in [0.4, 0.5) is 0 Å². The van der Waals surface area contributed by atoms with Gasteiger partial charge in [-0.3, -0.25) is 0 Å². The highest BCUT2D eigenvalue weighted by Crippen LogP contribution is 2.40. The molecule has 3 atom stereocenters. The molecule has 15 heavy (non-hydrogen) atoms. The molecule has 3 unspecified atom stereocenters. The van der Waals surface area contributed by atoms with E-state index in [1.54, 1.807) is 0 Å². The summed E-state index contributed by atoms with van der Waals surface area (Å²) in [6.45, 7) is 10.5. The molecular formula is C13H28N2. The fourth-order valence-corrected chi connectivity index (χ4v) is 2.67. The van der Waals surface area contributed by atoms with Gasteiger partial charge in [0.25, 0.3) is 0 Å². The van der Waals surface area contributed by atoms with Gasteiger partial charge in [-0.05, 0) is 45.2 Å². The van der Waals surface area contributed by atoms with E-state index < -0.39 is 0 Å². The maximum atomic E-state index is 3.73. The first-order valence-corrected chi connectivity index (χ1v) is 6.21. The Hall–Kier alpha value is -0.0800. The van der Waals surface area contributed by atoms with Crippen molar-refractivity contribution >= 4 is 0 Å². The van der Waals surface area contributed by atoms with Gasteiger partial charge in [-0.1, -0.05) is 20.8 Å². The van der Waals surface area contributed by atoms with Gasteiger partial charge < -0.3 is 10.2 Å². The summed E-state index contributed by atoms with van der Waals surface area (Å²) in [7, 11) is 4.29. The first-order valence-electron chi connectivity index (χ1n) is 6.21. The van der Waals surface area contributed by atoms with Crippen molar-refractivity contribution in [3.8, 4) is 0 Å². The second-order valence-electron chi connectivity index (χ2n) is 6.38. The third-order valence-electron chi connectivity index (χ3n) is 3.89. The number of nitrogens with one attached hydrogen (secondary N) is 1. The van der Waals surface area contributed by atoms with Gasteiger partial charge in [0.15, 0.2) is 0 Å². The van der Waals surface area contributed by atoms with Crippen LogP contribution < -0.4 is 5.32 Å². The molecule has 1 fully saturated rings. The third kappa shape index (κ3) is 3.76. The molecule has 1 saturated carbocycles. The molecule has 2 nitrogen and oxygen atoms in total. The fraction of sp³-hybridized carbons (Fsp3) is 1.00. The van der Waals surface area contributed by atoms with Crippen molar-refractivity contribution in [2.45, 2.75) is 52.6 Å². The van der Waals surface area contributed by atoms with Crippen LogP contribution in [0, 0.1) is 11.3 Å². The lowest BCUT2D eigenvalue weighted by molar-refractivity contribution is 0.282. The largest absolute Gasteiger partial charge is 0.312 e. The van der Waals surface area contributed by atoms with E-state index in [4.69, 9.17) is 0 Å². The Labute approximate surface area is 95.4 Å². The highest BCUT2D eigenvalue weighted by atomic mass is 15.1. The minimum atomic E-state index is 0.540. The lowest BCUT2D eigenvalue weighted by atomic mass is 9.91. The number of nitrogens with zero attached hydrogens (tertiary/aromatic N) is 1. The van der Waals surface area contributed by atoms with E-state index in [1.807, 2.05) is 0 Å². The smallest absolute Gasteiger partial charge is 0.0186 e. The molecule has 0 aromatic carbocycles. The summed E-state index contributed by atoms with van der Waals surface area (Å²) in [6, 6.07) is 1.35. The number of likely N-dealkylation sites (N-methyl/N-ethyl adjacent to an activating group) is 1. The molecule has 1 aliphatic carbocycles.